The van der Waals surface area contributed by atoms with E-state index >= 15 is 0 Å². The van der Waals surface area contributed by atoms with Crippen molar-refractivity contribution >= 4 is 50.8 Å². The number of non-ortho nitro benzene ring substituents is 1. The zero-order chi connectivity index (χ0) is 22.8. The minimum atomic E-state index is -0.394. The second kappa shape index (κ2) is 9.67. The highest BCUT2D eigenvalue weighted by Crippen LogP contribution is 2.37. The van der Waals surface area contributed by atoms with Crippen LogP contribution in [0, 0.1) is 10.1 Å². The van der Waals surface area contributed by atoms with E-state index in [0.717, 1.165) is 32.9 Å². The van der Waals surface area contributed by atoms with Gasteiger partial charge < -0.3 is 14.0 Å². The van der Waals surface area contributed by atoms with Gasteiger partial charge in [-0.15, -0.1) is 21.5 Å². The standard InChI is InChI=1S/C21H19N5O4S3/c1-2-25-18(11-32-21-22-16-5-3-4-6-17(16)33-21)23-24-20(25)31-10-14-8-15(26(27)28)7-13-9-29-12-30-19(13)14/h3-8H,2,9-12H2,1H3. The van der Waals surface area contributed by atoms with Crippen LogP contribution in [0.25, 0.3) is 10.2 Å². The number of rotatable bonds is 8. The van der Waals surface area contributed by atoms with Crippen LogP contribution in [0.15, 0.2) is 45.9 Å². The van der Waals surface area contributed by atoms with E-state index in [2.05, 4.69) is 32.7 Å². The number of nitro benzene ring substituents is 1. The maximum atomic E-state index is 11.3. The van der Waals surface area contributed by atoms with Gasteiger partial charge in [-0.1, -0.05) is 35.7 Å². The Morgan fingerprint density at radius 3 is 2.91 bits per heavy atom. The second-order valence-corrected chi connectivity index (χ2v) is 10.3. The molecule has 0 atom stereocenters. The van der Waals surface area contributed by atoms with Gasteiger partial charge in [0.05, 0.1) is 27.5 Å². The summed E-state index contributed by atoms with van der Waals surface area (Å²) in [6.07, 6.45) is 0. The topological polar surface area (TPSA) is 105 Å². The number of ether oxygens (including phenoxy) is 2. The molecule has 0 N–H and O–H groups in total. The molecular weight excluding hydrogens is 482 g/mol. The Morgan fingerprint density at radius 2 is 2.09 bits per heavy atom. The summed E-state index contributed by atoms with van der Waals surface area (Å²) in [6, 6.07) is 11.2. The Hall–Kier alpha value is -2.67. The Balaban J connectivity index is 1.32. The Bertz CT molecular complexity index is 1290. The minimum Gasteiger partial charge on any atom is -0.467 e. The van der Waals surface area contributed by atoms with Crippen molar-refractivity contribution in [2.45, 2.75) is 41.1 Å². The summed E-state index contributed by atoms with van der Waals surface area (Å²) in [5.74, 6) is 2.67. The molecule has 3 heterocycles. The third kappa shape index (κ3) is 4.69. The lowest BCUT2D eigenvalue weighted by atomic mass is 10.1. The molecule has 0 amide bonds. The number of benzene rings is 2. The number of thioether (sulfide) groups is 2. The number of fused-ring (bicyclic) bond motifs is 2. The van der Waals surface area contributed by atoms with Crippen LogP contribution in [0.1, 0.15) is 23.9 Å². The Labute approximate surface area is 201 Å². The third-order valence-corrected chi connectivity index (χ3v) is 8.24. The molecule has 0 fully saturated rings. The van der Waals surface area contributed by atoms with Gasteiger partial charge in [0.15, 0.2) is 16.3 Å². The summed E-state index contributed by atoms with van der Waals surface area (Å²) < 4.78 is 15.2. The lowest BCUT2D eigenvalue weighted by Crippen LogP contribution is -2.13. The molecule has 4 aromatic rings. The molecule has 5 rings (SSSR count). The molecule has 0 radical (unpaired) electrons. The normalized spacial score (nSPS) is 13.1. The van der Waals surface area contributed by atoms with Crippen LogP contribution in [0.3, 0.4) is 0 Å². The maximum absolute atomic E-state index is 11.3. The highest BCUT2D eigenvalue weighted by Gasteiger charge is 2.22. The van der Waals surface area contributed by atoms with E-state index in [4.69, 9.17) is 9.47 Å². The number of nitrogens with zero attached hydrogens (tertiary/aromatic N) is 5. The molecular formula is C21H19N5O4S3. The molecule has 0 bridgehead atoms. The van der Waals surface area contributed by atoms with Crippen molar-refractivity contribution in [3.05, 3.63) is 63.5 Å². The zero-order valence-electron chi connectivity index (χ0n) is 17.6. The monoisotopic (exact) mass is 501 g/mol. The third-order valence-electron chi connectivity index (χ3n) is 5.05. The fraction of sp³-hybridized carbons (Fsp3) is 0.286. The zero-order valence-corrected chi connectivity index (χ0v) is 20.0. The van der Waals surface area contributed by atoms with Gasteiger partial charge in [0.2, 0.25) is 0 Å². The van der Waals surface area contributed by atoms with Crippen LogP contribution in [0.2, 0.25) is 0 Å². The van der Waals surface area contributed by atoms with Gasteiger partial charge in [-0.3, -0.25) is 10.1 Å². The number of nitro groups is 1. The molecule has 2 aromatic heterocycles. The Kier molecular flexibility index (Phi) is 6.49. The average molecular weight is 502 g/mol. The predicted octanol–water partition coefficient (Wildman–Crippen LogP) is 5.27. The Morgan fingerprint density at radius 1 is 1.21 bits per heavy atom. The molecule has 0 unspecified atom stereocenters. The van der Waals surface area contributed by atoms with Crippen molar-refractivity contribution in [2.24, 2.45) is 0 Å². The SMILES string of the molecule is CCn1c(CSc2nc3ccccc3s2)nnc1SCc1cc([N+](=O)[O-])cc2c1OCOC2. The van der Waals surface area contributed by atoms with Crippen molar-refractivity contribution in [2.75, 3.05) is 6.79 Å². The van der Waals surface area contributed by atoms with Gasteiger partial charge in [-0.2, -0.15) is 0 Å². The number of thiazole rings is 1. The first-order valence-electron chi connectivity index (χ1n) is 10.2. The summed E-state index contributed by atoms with van der Waals surface area (Å²) in [5, 5.41) is 20.9. The molecule has 2 aromatic carbocycles. The summed E-state index contributed by atoms with van der Waals surface area (Å²) in [6.45, 7) is 3.21. The van der Waals surface area contributed by atoms with Crippen LogP contribution in [0.4, 0.5) is 5.69 Å². The summed E-state index contributed by atoms with van der Waals surface area (Å²) in [7, 11) is 0. The van der Waals surface area contributed by atoms with E-state index in [-0.39, 0.29) is 12.5 Å². The summed E-state index contributed by atoms with van der Waals surface area (Å²) >= 11 is 4.81. The van der Waals surface area contributed by atoms with Crippen LogP contribution in [0.5, 0.6) is 5.75 Å². The molecule has 0 saturated heterocycles. The van der Waals surface area contributed by atoms with Crippen molar-refractivity contribution in [3.8, 4) is 5.75 Å². The molecule has 0 aliphatic carbocycles. The molecule has 170 valence electrons. The van der Waals surface area contributed by atoms with Crippen molar-refractivity contribution in [3.63, 3.8) is 0 Å². The van der Waals surface area contributed by atoms with E-state index in [9.17, 15) is 10.1 Å². The molecule has 1 aliphatic rings. The first-order valence-corrected chi connectivity index (χ1v) is 12.9. The van der Waals surface area contributed by atoms with Crippen molar-refractivity contribution in [1.29, 1.82) is 0 Å². The molecule has 1 aliphatic heterocycles. The van der Waals surface area contributed by atoms with E-state index in [1.165, 1.54) is 22.5 Å². The molecule has 12 heteroatoms. The predicted molar refractivity (Wildman–Crippen MR) is 128 cm³/mol. The summed E-state index contributed by atoms with van der Waals surface area (Å²) in [4.78, 5) is 15.6. The van der Waals surface area contributed by atoms with Crippen LogP contribution >= 0.6 is 34.9 Å². The number of hydrogen-bond donors (Lipinski definition) is 0. The van der Waals surface area contributed by atoms with E-state index in [0.29, 0.717) is 29.4 Å². The highest BCUT2D eigenvalue weighted by molar-refractivity contribution is 8.00. The van der Waals surface area contributed by atoms with Gasteiger partial charge in [0.1, 0.15) is 11.6 Å². The first-order chi connectivity index (χ1) is 16.1. The van der Waals surface area contributed by atoms with Gasteiger partial charge in [0, 0.05) is 35.6 Å². The number of aromatic nitrogens is 4. The largest absolute Gasteiger partial charge is 0.467 e. The fourth-order valence-electron chi connectivity index (χ4n) is 3.53. The average Bonchev–Trinajstić information content (AvgIpc) is 3.43. The first kappa shape index (κ1) is 22.1. The molecule has 9 nitrogen and oxygen atoms in total. The molecule has 0 saturated carbocycles. The number of hydrogen-bond acceptors (Lipinski definition) is 10. The van der Waals surface area contributed by atoms with Crippen LogP contribution < -0.4 is 4.74 Å². The van der Waals surface area contributed by atoms with E-state index < -0.39 is 4.92 Å². The lowest BCUT2D eigenvalue weighted by Gasteiger charge is -2.20. The van der Waals surface area contributed by atoms with Crippen LogP contribution in [-0.4, -0.2) is 31.5 Å². The quantitative estimate of drug-likeness (QED) is 0.181. The second-order valence-electron chi connectivity index (χ2n) is 7.13. The smallest absolute Gasteiger partial charge is 0.270 e. The van der Waals surface area contributed by atoms with Crippen LogP contribution in [-0.2, 0) is 29.4 Å². The van der Waals surface area contributed by atoms with E-state index in [1.807, 2.05) is 18.2 Å². The van der Waals surface area contributed by atoms with Gasteiger partial charge >= 0.3 is 0 Å². The molecule has 0 spiro atoms. The lowest BCUT2D eigenvalue weighted by molar-refractivity contribution is -0.385. The van der Waals surface area contributed by atoms with Crippen molar-refractivity contribution in [1.82, 2.24) is 19.7 Å². The van der Waals surface area contributed by atoms with Gasteiger partial charge in [-0.05, 0) is 19.1 Å². The minimum absolute atomic E-state index is 0.0309. The van der Waals surface area contributed by atoms with Gasteiger partial charge in [0.25, 0.3) is 5.69 Å². The van der Waals surface area contributed by atoms with Crippen molar-refractivity contribution < 1.29 is 14.4 Å². The fourth-order valence-corrected chi connectivity index (χ4v) is 6.52. The van der Waals surface area contributed by atoms with Gasteiger partial charge in [-0.25, -0.2) is 4.98 Å². The highest BCUT2D eigenvalue weighted by atomic mass is 32.2. The number of para-hydroxylation sites is 1. The maximum Gasteiger partial charge on any atom is 0.270 e. The summed E-state index contributed by atoms with van der Waals surface area (Å²) in [5.41, 5.74) is 2.48. The molecule has 33 heavy (non-hydrogen) atoms. The van der Waals surface area contributed by atoms with E-state index in [1.54, 1.807) is 29.2 Å².